The number of para-hydroxylation sites is 2. The lowest BCUT2D eigenvalue weighted by atomic mass is 9.73. The van der Waals surface area contributed by atoms with Crippen LogP contribution in [0.2, 0.25) is 0 Å². The molecule has 4 aliphatic heterocycles. The van der Waals surface area contributed by atoms with E-state index in [0.29, 0.717) is 67.8 Å². The molecule has 2 N–H and O–H groups in total. The van der Waals surface area contributed by atoms with Crippen molar-refractivity contribution in [1.29, 1.82) is 0 Å². The van der Waals surface area contributed by atoms with Gasteiger partial charge in [0.15, 0.2) is 17.3 Å². The molecule has 240 valence electrons. The molecular formula is C33H34N4O9. The van der Waals surface area contributed by atoms with Crippen LogP contribution in [-0.2, 0) is 20.8 Å². The van der Waals surface area contributed by atoms with E-state index in [4.69, 9.17) is 28.3 Å². The quantitative estimate of drug-likeness (QED) is 0.322. The molecule has 2 atom stereocenters. The van der Waals surface area contributed by atoms with Gasteiger partial charge in [-0.1, -0.05) is 35.5 Å². The number of furan rings is 1. The second-order valence-electron chi connectivity index (χ2n) is 11.7. The number of amides is 3. The number of nitrogens with one attached hydrogen (secondary N) is 1. The highest BCUT2D eigenvalue weighted by Crippen LogP contribution is 2.52. The Bertz CT molecular complexity index is 1730. The van der Waals surface area contributed by atoms with Gasteiger partial charge in [-0.2, -0.15) is 0 Å². The number of carbonyl (C=O) groups is 4. The van der Waals surface area contributed by atoms with Gasteiger partial charge >= 0.3 is 0 Å². The van der Waals surface area contributed by atoms with Crippen LogP contribution in [0.3, 0.4) is 0 Å². The zero-order valence-electron chi connectivity index (χ0n) is 25.3. The number of hydrogen-bond donors (Lipinski definition) is 2. The van der Waals surface area contributed by atoms with Crippen LogP contribution in [0, 0.1) is 12.3 Å². The third-order valence-electron chi connectivity index (χ3n) is 8.62. The summed E-state index contributed by atoms with van der Waals surface area (Å²) in [6.45, 7) is 3.47. The van der Waals surface area contributed by atoms with E-state index >= 15 is 0 Å². The number of ether oxygens (including phenoxy) is 2. The lowest BCUT2D eigenvalue weighted by Crippen LogP contribution is -2.50. The molecule has 0 unspecified atom stereocenters. The minimum Gasteiger partial charge on any atom is -0.490 e. The number of hydrogen-bond acceptors (Lipinski definition) is 9. The maximum absolute atomic E-state index is 13.7. The Labute approximate surface area is 264 Å². The van der Waals surface area contributed by atoms with Crippen molar-refractivity contribution in [3.63, 3.8) is 0 Å². The Morgan fingerprint density at radius 3 is 2.74 bits per heavy atom. The normalized spacial score (nSPS) is 20.8. The third-order valence-corrected chi connectivity index (χ3v) is 8.62. The van der Waals surface area contributed by atoms with Gasteiger partial charge in [0.25, 0.3) is 12.4 Å². The van der Waals surface area contributed by atoms with Crippen molar-refractivity contribution in [3.8, 4) is 11.5 Å². The van der Waals surface area contributed by atoms with E-state index < -0.39 is 5.41 Å². The Hall–Kier alpha value is -5.33. The van der Waals surface area contributed by atoms with Crippen LogP contribution in [0.4, 0.5) is 0 Å². The summed E-state index contributed by atoms with van der Waals surface area (Å²) in [6, 6.07) is 16.8. The molecule has 1 fully saturated rings. The second-order valence-corrected chi connectivity index (χ2v) is 11.7. The van der Waals surface area contributed by atoms with Crippen molar-refractivity contribution in [1.82, 2.24) is 20.3 Å². The van der Waals surface area contributed by atoms with Gasteiger partial charge in [-0.25, -0.2) is 0 Å². The summed E-state index contributed by atoms with van der Waals surface area (Å²) in [6.07, 6.45) is 0.533. The minimum absolute atomic E-state index is 0.0138. The fourth-order valence-corrected chi connectivity index (χ4v) is 6.46. The van der Waals surface area contributed by atoms with Crippen molar-refractivity contribution in [2.45, 2.75) is 25.7 Å². The Morgan fingerprint density at radius 1 is 1.13 bits per heavy atom. The molecule has 4 aliphatic rings. The molecule has 1 spiro atoms. The number of fused-ring (bicyclic) bond motifs is 10. The van der Waals surface area contributed by atoms with Gasteiger partial charge in [-0.3, -0.25) is 19.2 Å². The van der Waals surface area contributed by atoms with E-state index in [1.165, 1.54) is 4.90 Å². The summed E-state index contributed by atoms with van der Waals surface area (Å²) in [5.74, 6) is 1.20. The van der Waals surface area contributed by atoms with E-state index in [-0.39, 0.29) is 55.4 Å². The molecule has 0 aliphatic carbocycles. The van der Waals surface area contributed by atoms with Crippen LogP contribution in [0.1, 0.15) is 39.9 Å². The highest BCUT2D eigenvalue weighted by molar-refractivity contribution is 5.96. The standard InChI is InChI=1S/C32H32N4O7.CH2O2/c1-20-12-22(43-34-20)14-29(38)35-10-5-11-40-26-9-4-7-23-24-15-36(31(39)27-13-21-6-2-3-8-25(21)42-27)18-32(24,19-41-30(23)26)17-33-28(37)16-35;2-1-3/h2-4,6-9,12-13,24H,5,10-11,14-19H2,1H3,(H,33,37);1H,(H,2,3)/t24-,32+;/m0./s1. The fourth-order valence-electron chi connectivity index (χ4n) is 6.46. The Morgan fingerprint density at radius 2 is 1.96 bits per heavy atom. The first-order valence-corrected chi connectivity index (χ1v) is 15.0. The van der Waals surface area contributed by atoms with E-state index in [2.05, 4.69) is 10.5 Å². The van der Waals surface area contributed by atoms with Crippen LogP contribution in [0.15, 0.2) is 63.5 Å². The van der Waals surface area contributed by atoms with E-state index in [9.17, 15) is 14.4 Å². The summed E-state index contributed by atoms with van der Waals surface area (Å²) in [4.78, 5) is 51.9. The van der Waals surface area contributed by atoms with E-state index in [0.717, 1.165) is 10.9 Å². The predicted molar refractivity (Wildman–Crippen MR) is 163 cm³/mol. The van der Waals surface area contributed by atoms with Gasteiger partial charge in [0, 0.05) is 54.5 Å². The number of carbonyl (C=O) groups excluding carboxylic acids is 3. The number of aromatic nitrogens is 1. The van der Waals surface area contributed by atoms with Crippen molar-refractivity contribution in [2.75, 3.05) is 45.9 Å². The first-order valence-electron chi connectivity index (χ1n) is 15.0. The molecule has 0 radical (unpaired) electrons. The van der Waals surface area contributed by atoms with Gasteiger partial charge in [-0.05, 0) is 31.5 Å². The predicted octanol–water partition coefficient (Wildman–Crippen LogP) is 3.02. The van der Waals surface area contributed by atoms with Crippen LogP contribution in [-0.4, -0.2) is 90.2 Å². The third kappa shape index (κ3) is 6.12. The molecule has 46 heavy (non-hydrogen) atoms. The zero-order chi connectivity index (χ0) is 32.3. The van der Waals surface area contributed by atoms with Crippen LogP contribution < -0.4 is 14.8 Å². The number of benzene rings is 2. The maximum atomic E-state index is 13.7. The summed E-state index contributed by atoms with van der Waals surface area (Å²) < 4.78 is 23.6. The van der Waals surface area contributed by atoms with Crippen LogP contribution >= 0.6 is 0 Å². The minimum atomic E-state index is -0.584. The van der Waals surface area contributed by atoms with E-state index in [1.54, 1.807) is 24.0 Å². The largest absolute Gasteiger partial charge is 0.490 e. The molecule has 8 rings (SSSR count). The lowest BCUT2D eigenvalue weighted by Gasteiger charge is -2.40. The lowest BCUT2D eigenvalue weighted by molar-refractivity contribution is -0.136. The topological polar surface area (TPSA) is 165 Å². The average molecular weight is 631 g/mol. The van der Waals surface area contributed by atoms with Crippen molar-refractivity contribution < 1.29 is 42.7 Å². The fraction of sp³-hybridized carbons (Fsp3) is 0.364. The monoisotopic (exact) mass is 630 g/mol. The average Bonchev–Trinajstić information content (AvgIpc) is 3.78. The zero-order valence-corrected chi connectivity index (χ0v) is 25.3. The first kappa shape index (κ1) is 30.7. The molecule has 0 saturated carbocycles. The van der Waals surface area contributed by atoms with Gasteiger partial charge in [0.2, 0.25) is 11.8 Å². The number of aryl methyl sites for hydroxylation is 1. The van der Waals surface area contributed by atoms with Crippen molar-refractivity contribution in [3.05, 3.63) is 77.4 Å². The molecule has 1 saturated heterocycles. The van der Waals surface area contributed by atoms with Gasteiger partial charge in [0.1, 0.15) is 11.3 Å². The number of likely N-dealkylation sites (tertiary alicyclic amines) is 1. The van der Waals surface area contributed by atoms with E-state index in [1.807, 2.05) is 42.5 Å². The molecule has 4 bridgehead atoms. The molecule has 13 heteroatoms. The van der Waals surface area contributed by atoms with Gasteiger partial charge in [0.05, 0.1) is 31.9 Å². The number of rotatable bonds is 3. The highest BCUT2D eigenvalue weighted by atomic mass is 16.5. The maximum Gasteiger partial charge on any atom is 0.290 e. The molecule has 4 aromatic rings. The first-order chi connectivity index (χ1) is 22.3. The van der Waals surface area contributed by atoms with Crippen LogP contribution in [0.25, 0.3) is 11.0 Å². The molecule has 13 nitrogen and oxygen atoms in total. The van der Waals surface area contributed by atoms with Crippen LogP contribution in [0.5, 0.6) is 11.5 Å². The Balaban J connectivity index is 0.00000119. The molecule has 6 heterocycles. The van der Waals surface area contributed by atoms with Crippen molar-refractivity contribution in [2.24, 2.45) is 5.41 Å². The van der Waals surface area contributed by atoms with Gasteiger partial charge < -0.3 is 38.6 Å². The molecule has 2 aromatic heterocycles. The van der Waals surface area contributed by atoms with Gasteiger partial charge in [-0.15, -0.1) is 0 Å². The Kier molecular flexibility index (Phi) is 8.64. The smallest absolute Gasteiger partial charge is 0.290 e. The summed E-state index contributed by atoms with van der Waals surface area (Å²) in [5.41, 5.74) is 1.71. The van der Waals surface area contributed by atoms with Crippen molar-refractivity contribution >= 4 is 35.2 Å². The number of nitrogens with zero attached hydrogens (tertiary/aromatic N) is 3. The second kappa shape index (κ2) is 13.0. The SMILES string of the molecule is Cc1cc(CC(=O)N2CCCOc3cccc4c3OC[C@@]3(CNC(=O)C2)CN(C(=O)c2cc5ccccc5o2)C[C@@H]43)on1.O=CO. The molecule has 3 amide bonds. The summed E-state index contributed by atoms with van der Waals surface area (Å²) in [5, 5.41) is 14.7. The molecular weight excluding hydrogens is 596 g/mol. The number of carboxylic acid groups (broad SMARTS) is 1. The summed E-state index contributed by atoms with van der Waals surface area (Å²) >= 11 is 0. The highest BCUT2D eigenvalue weighted by Gasteiger charge is 2.53. The molecule has 2 aromatic carbocycles. The summed E-state index contributed by atoms with van der Waals surface area (Å²) in [7, 11) is 0.